The van der Waals surface area contributed by atoms with Gasteiger partial charge in [0.2, 0.25) is 5.95 Å². The molecule has 1 aromatic carbocycles. The number of benzene rings is 1. The van der Waals surface area contributed by atoms with Crippen molar-refractivity contribution in [1.82, 2.24) is 24.1 Å². The molecule has 206 valence electrons. The van der Waals surface area contributed by atoms with Crippen LogP contribution in [0.2, 0.25) is 0 Å². The smallest absolute Gasteiger partial charge is 0.211 e. The van der Waals surface area contributed by atoms with Crippen molar-refractivity contribution in [2.75, 3.05) is 18.0 Å². The molecule has 0 unspecified atom stereocenters. The fourth-order valence-corrected chi connectivity index (χ4v) is 8.88. The van der Waals surface area contributed by atoms with E-state index in [1.54, 1.807) is 23.1 Å². The number of aromatic nitrogens is 4. The highest BCUT2D eigenvalue weighted by molar-refractivity contribution is 7.99. The highest BCUT2D eigenvalue weighted by atomic mass is 32.2. The van der Waals surface area contributed by atoms with E-state index in [1.807, 2.05) is 45.6 Å². The molecule has 2 aliphatic rings. The first kappa shape index (κ1) is 26.3. The number of fused-ring (bicyclic) bond motifs is 3. The van der Waals surface area contributed by atoms with Gasteiger partial charge in [0.1, 0.15) is 9.58 Å². The maximum absolute atomic E-state index is 13.2. The van der Waals surface area contributed by atoms with Gasteiger partial charge >= 0.3 is 0 Å². The molecule has 0 radical (unpaired) electrons. The average molecular weight is 589 g/mol. The summed E-state index contributed by atoms with van der Waals surface area (Å²) in [4.78, 5) is 19.8. The second kappa shape index (κ2) is 10.0. The molecule has 5 aromatic rings. The van der Waals surface area contributed by atoms with Crippen LogP contribution >= 0.6 is 23.1 Å². The number of nitrogens with zero attached hydrogens (tertiary/aromatic N) is 5. The number of piperidine rings is 1. The van der Waals surface area contributed by atoms with Gasteiger partial charge in [-0.15, -0.1) is 16.1 Å². The lowest BCUT2D eigenvalue weighted by atomic mass is 9.73. The molecule has 0 amide bonds. The predicted molar refractivity (Wildman–Crippen MR) is 165 cm³/mol. The number of nitrogens with one attached hydrogen (secondary N) is 1. The van der Waals surface area contributed by atoms with Gasteiger partial charge in [-0.05, 0) is 68.7 Å². The van der Waals surface area contributed by atoms with Gasteiger partial charge in [-0.2, -0.15) is 0 Å². The number of hydrogen-bond donors (Lipinski definition) is 1. The Morgan fingerprint density at radius 2 is 1.88 bits per heavy atom. The molecule has 10 heteroatoms. The van der Waals surface area contributed by atoms with Crippen molar-refractivity contribution in [3.63, 3.8) is 0 Å². The summed E-state index contributed by atoms with van der Waals surface area (Å²) in [6.07, 6.45) is 10.7. The zero-order valence-corrected chi connectivity index (χ0v) is 25.3. The third kappa shape index (κ3) is 4.50. The lowest BCUT2D eigenvalue weighted by Gasteiger charge is -2.44. The largest absolute Gasteiger partial charge is 0.598 e. The molecule has 7 rings (SSSR count). The summed E-state index contributed by atoms with van der Waals surface area (Å²) in [6, 6.07) is 13.0. The summed E-state index contributed by atoms with van der Waals surface area (Å²) in [5.41, 5.74) is 3.65. The summed E-state index contributed by atoms with van der Waals surface area (Å²) in [7, 11) is 0. The van der Waals surface area contributed by atoms with E-state index in [1.165, 1.54) is 16.5 Å². The van der Waals surface area contributed by atoms with Crippen LogP contribution in [-0.2, 0) is 17.8 Å². The zero-order valence-electron chi connectivity index (χ0n) is 22.8. The maximum atomic E-state index is 13.2. The maximum Gasteiger partial charge on any atom is 0.211 e. The van der Waals surface area contributed by atoms with E-state index < -0.39 is 11.4 Å². The first-order valence-electron chi connectivity index (χ1n) is 13.7. The van der Waals surface area contributed by atoms with Crippen molar-refractivity contribution in [2.24, 2.45) is 5.41 Å². The number of pyridine rings is 1. The molecule has 7 nitrogen and oxygen atoms in total. The highest BCUT2D eigenvalue weighted by Crippen LogP contribution is 2.53. The van der Waals surface area contributed by atoms with Crippen LogP contribution in [-0.4, -0.2) is 41.7 Å². The fraction of sp³-hybridized carbons (Fsp3) is 0.367. The Kier molecular flexibility index (Phi) is 6.59. The standard InChI is InChI=1S/C30H32N6OS3/c1-29(2,3)40(37)34-25-21-7-5-4-6-20(21)18-30(25)10-14-35(15-11-30)28-33-19-24(26-31-13-16-36(26)28)39-23-8-12-32-27-22(23)9-17-38-27/h4-9,12-13,16-17,19,25,34H,10-11,14-15,18H2,1-3H3/t25-,40-/m1/s1. The summed E-state index contributed by atoms with van der Waals surface area (Å²) < 4.78 is 18.6. The van der Waals surface area contributed by atoms with Gasteiger partial charge in [-0.3, -0.25) is 4.40 Å². The number of hydrogen-bond acceptors (Lipinski definition) is 8. The monoisotopic (exact) mass is 588 g/mol. The normalized spacial score (nSPS) is 19.5. The second-order valence-electron chi connectivity index (χ2n) is 11.8. The Morgan fingerprint density at radius 1 is 1.05 bits per heavy atom. The predicted octanol–water partition coefficient (Wildman–Crippen LogP) is 6.43. The van der Waals surface area contributed by atoms with Crippen LogP contribution in [0.4, 0.5) is 5.95 Å². The van der Waals surface area contributed by atoms with Crippen LogP contribution in [0.25, 0.3) is 15.9 Å². The Hall–Kier alpha value is -2.63. The highest BCUT2D eigenvalue weighted by Gasteiger charge is 2.50. The van der Waals surface area contributed by atoms with Gasteiger partial charge in [0, 0.05) is 64.9 Å². The van der Waals surface area contributed by atoms with Gasteiger partial charge < -0.3 is 9.45 Å². The molecule has 1 fully saturated rings. The van der Waals surface area contributed by atoms with E-state index in [2.05, 4.69) is 60.8 Å². The minimum Gasteiger partial charge on any atom is -0.598 e. The SMILES string of the molecule is CC(C)(C)[S@@+]([O-])N[C@@H]1c2ccccc2CC12CCN(c1ncc(Sc3ccnc4sccc34)c3nccn13)CC2. The fourth-order valence-electron chi connectivity index (χ4n) is 6.13. The van der Waals surface area contributed by atoms with E-state index >= 15 is 0 Å². The lowest BCUT2D eigenvalue weighted by molar-refractivity contribution is 0.175. The summed E-state index contributed by atoms with van der Waals surface area (Å²) in [5.74, 6) is 0.931. The Labute approximate surface area is 245 Å². The summed E-state index contributed by atoms with van der Waals surface area (Å²) in [5, 5.41) is 3.25. The second-order valence-corrected chi connectivity index (χ2v) is 15.7. The topological polar surface area (TPSA) is 81.4 Å². The Morgan fingerprint density at radius 3 is 2.70 bits per heavy atom. The van der Waals surface area contributed by atoms with Gasteiger partial charge in [-0.1, -0.05) is 36.0 Å². The molecular formula is C30H32N6OS3. The Balaban J connectivity index is 1.15. The number of imidazole rings is 1. The molecule has 0 saturated carbocycles. The van der Waals surface area contributed by atoms with Crippen LogP contribution in [0.3, 0.4) is 0 Å². The van der Waals surface area contributed by atoms with Crippen molar-refractivity contribution in [1.29, 1.82) is 0 Å². The molecule has 1 spiro atoms. The summed E-state index contributed by atoms with van der Waals surface area (Å²) >= 11 is 2.21. The van der Waals surface area contributed by atoms with Crippen LogP contribution < -0.4 is 9.62 Å². The molecule has 2 atom stereocenters. The summed E-state index contributed by atoms with van der Waals surface area (Å²) in [6.45, 7) is 7.89. The lowest BCUT2D eigenvalue weighted by Crippen LogP contribution is -2.50. The molecule has 0 bridgehead atoms. The number of anilines is 1. The minimum atomic E-state index is -1.14. The van der Waals surface area contributed by atoms with Crippen molar-refractivity contribution in [3.05, 3.63) is 77.7 Å². The molecule has 5 heterocycles. The third-order valence-corrected chi connectivity index (χ3v) is 11.7. The molecule has 4 aromatic heterocycles. The van der Waals surface area contributed by atoms with E-state index in [9.17, 15) is 4.55 Å². The van der Waals surface area contributed by atoms with Crippen LogP contribution in [0, 0.1) is 5.41 Å². The van der Waals surface area contributed by atoms with E-state index in [4.69, 9.17) is 9.97 Å². The van der Waals surface area contributed by atoms with E-state index in [0.29, 0.717) is 0 Å². The number of thiophene rings is 1. The Bertz CT molecular complexity index is 1680. The van der Waals surface area contributed by atoms with Gasteiger partial charge in [0.15, 0.2) is 5.65 Å². The van der Waals surface area contributed by atoms with E-state index in [0.717, 1.165) is 58.6 Å². The molecule has 1 N–H and O–H groups in total. The molecule has 40 heavy (non-hydrogen) atoms. The van der Waals surface area contributed by atoms with Gasteiger partial charge in [0.05, 0.1) is 10.9 Å². The number of rotatable bonds is 5. The minimum absolute atomic E-state index is 0.0399. The van der Waals surface area contributed by atoms with E-state index in [-0.39, 0.29) is 16.2 Å². The van der Waals surface area contributed by atoms with Gasteiger partial charge in [0.25, 0.3) is 0 Å². The molecule has 1 aliphatic heterocycles. The van der Waals surface area contributed by atoms with Crippen LogP contribution in [0.15, 0.2) is 76.4 Å². The molecule has 1 saturated heterocycles. The van der Waals surface area contributed by atoms with Crippen molar-refractivity contribution < 1.29 is 4.55 Å². The average Bonchev–Trinajstić information content (AvgIpc) is 3.68. The van der Waals surface area contributed by atoms with Crippen molar-refractivity contribution >= 4 is 56.3 Å². The first-order valence-corrected chi connectivity index (χ1v) is 16.5. The zero-order chi connectivity index (χ0) is 27.5. The quantitative estimate of drug-likeness (QED) is 0.237. The molecule has 1 aliphatic carbocycles. The van der Waals surface area contributed by atoms with Gasteiger partial charge in [-0.25, -0.2) is 15.0 Å². The third-order valence-electron chi connectivity index (χ3n) is 8.27. The first-order chi connectivity index (χ1) is 19.3. The van der Waals surface area contributed by atoms with Crippen molar-refractivity contribution in [2.45, 2.75) is 60.6 Å². The van der Waals surface area contributed by atoms with Crippen LogP contribution in [0.5, 0.6) is 0 Å². The van der Waals surface area contributed by atoms with Crippen molar-refractivity contribution in [3.8, 4) is 0 Å². The molecular weight excluding hydrogens is 557 g/mol. The van der Waals surface area contributed by atoms with Crippen LogP contribution in [0.1, 0.15) is 50.8 Å².